The maximum atomic E-state index is 14.5. The van der Waals surface area contributed by atoms with E-state index < -0.39 is 19.2 Å². The average Bonchev–Trinajstić information content (AvgIpc) is 3.73. The molecule has 4 aromatic rings. The van der Waals surface area contributed by atoms with Gasteiger partial charge in [-0.25, -0.2) is 9.59 Å². The zero-order valence-electron chi connectivity index (χ0n) is 22.8. The zero-order valence-corrected chi connectivity index (χ0v) is 23.7. The highest BCUT2D eigenvalue weighted by molar-refractivity contribution is 7.96. The number of likely N-dealkylation sites (tertiary alicyclic amines) is 2. The van der Waals surface area contributed by atoms with Crippen LogP contribution >= 0.6 is 7.26 Å². The molecule has 0 bridgehead atoms. The molecule has 0 radical (unpaired) electrons. The van der Waals surface area contributed by atoms with Gasteiger partial charge in [0, 0.05) is 26.1 Å². The average molecular weight is 572 g/mol. The van der Waals surface area contributed by atoms with Gasteiger partial charge in [0.1, 0.15) is 23.2 Å². The molecule has 6 rings (SSSR count). The van der Waals surface area contributed by atoms with Crippen molar-refractivity contribution in [3.63, 3.8) is 0 Å². The van der Waals surface area contributed by atoms with Crippen molar-refractivity contribution >= 4 is 35.2 Å². The van der Waals surface area contributed by atoms with Gasteiger partial charge < -0.3 is 23.4 Å². The van der Waals surface area contributed by atoms with Crippen LogP contribution in [0.15, 0.2) is 105 Å². The normalized spacial score (nSPS) is 19.1. The van der Waals surface area contributed by atoms with E-state index in [2.05, 4.69) is 72.8 Å². The van der Waals surface area contributed by atoms with E-state index >= 15 is 0 Å². The Morgan fingerprint density at radius 2 is 1.39 bits per heavy atom. The van der Waals surface area contributed by atoms with E-state index in [0.29, 0.717) is 26.1 Å². The molecule has 2 atom stereocenters. The van der Waals surface area contributed by atoms with E-state index in [-0.39, 0.29) is 35.7 Å². The third-order valence-electron chi connectivity index (χ3n) is 8.19. The SMILES string of the molecule is Cc1oc(=O)oc1COC(=O)N1CC[C@@H](N2CCC([P+](c3ccccc3)(c3ccccc3)c3ccccc3)C2=O)C1. The van der Waals surface area contributed by atoms with Crippen LogP contribution in [0, 0.1) is 6.92 Å². The molecular weight excluding hydrogens is 539 g/mol. The summed E-state index contributed by atoms with van der Waals surface area (Å²) in [5.41, 5.74) is -0.206. The highest BCUT2D eigenvalue weighted by Gasteiger charge is 2.59. The first kappa shape index (κ1) is 27.0. The fourth-order valence-electron chi connectivity index (χ4n) is 6.27. The van der Waals surface area contributed by atoms with E-state index in [1.165, 1.54) is 15.9 Å². The lowest BCUT2D eigenvalue weighted by Gasteiger charge is -2.32. The third kappa shape index (κ3) is 4.97. The topological polar surface area (TPSA) is 93.2 Å². The van der Waals surface area contributed by atoms with Crippen LogP contribution in [0.4, 0.5) is 4.79 Å². The largest absolute Gasteiger partial charge is 0.519 e. The second-order valence-electron chi connectivity index (χ2n) is 10.4. The van der Waals surface area contributed by atoms with Crippen LogP contribution in [0.2, 0.25) is 0 Å². The lowest BCUT2D eigenvalue weighted by Crippen LogP contribution is -2.45. The quantitative estimate of drug-likeness (QED) is 0.313. The summed E-state index contributed by atoms with van der Waals surface area (Å²) in [6, 6.07) is 31.3. The van der Waals surface area contributed by atoms with Crippen LogP contribution in [-0.2, 0) is 16.1 Å². The van der Waals surface area contributed by atoms with E-state index in [9.17, 15) is 14.4 Å². The molecule has 0 aliphatic carbocycles. The molecule has 0 spiro atoms. The molecule has 3 heterocycles. The Labute approximate surface area is 238 Å². The Morgan fingerprint density at radius 1 is 0.829 bits per heavy atom. The van der Waals surface area contributed by atoms with Gasteiger partial charge in [-0.1, -0.05) is 54.6 Å². The van der Waals surface area contributed by atoms with Crippen molar-refractivity contribution in [2.24, 2.45) is 0 Å². The number of rotatable bonds is 7. The maximum absolute atomic E-state index is 14.5. The molecule has 3 aromatic carbocycles. The van der Waals surface area contributed by atoms with Gasteiger partial charge in [0.2, 0.25) is 0 Å². The minimum Gasteiger partial charge on any atom is -0.441 e. The number of hydrogen-bond acceptors (Lipinski definition) is 6. The van der Waals surface area contributed by atoms with E-state index in [1.54, 1.807) is 11.8 Å². The molecule has 0 N–H and O–H groups in total. The number of benzene rings is 3. The van der Waals surface area contributed by atoms with Crippen molar-refractivity contribution in [1.29, 1.82) is 0 Å². The van der Waals surface area contributed by atoms with Crippen molar-refractivity contribution in [2.75, 3.05) is 19.6 Å². The number of carbonyl (C=O) groups excluding carboxylic acids is 2. The second-order valence-corrected chi connectivity index (χ2v) is 14.1. The first-order valence-electron chi connectivity index (χ1n) is 13.9. The third-order valence-corrected chi connectivity index (χ3v) is 12.9. The van der Waals surface area contributed by atoms with Gasteiger partial charge in [-0.15, -0.1) is 0 Å². The molecule has 8 nitrogen and oxygen atoms in total. The van der Waals surface area contributed by atoms with Gasteiger partial charge in [-0.2, -0.15) is 0 Å². The lowest BCUT2D eigenvalue weighted by atomic mass is 10.2. The monoisotopic (exact) mass is 571 g/mol. The summed E-state index contributed by atoms with van der Waals surface area (Å²) in [5, 5.41) is 3.57. The summed E-state index contributed by atoms with van der Waals surface area (Å²) in [4.78, 5) is 42.2. The summed E-state index contributed by atoms with van der Waals surface area (Å²) in [6.45, 7) is 2.94. The van der Waals surface area contributed by atoms with Gasteiger partial charge in [-0.05, 0) is 49.7 Å². The molecule has 2 saturated heterocycles. The van der Waals surface area contributed by atoms with Crippen LogP contribution < -0.4 is 21.7 Å². The van der Waals surface area contributed by atoms with Crippen molar-refractivity contribution in [3.05, 3.63) is 113 Å². The molecule has 2 aliphatic heterocycles. The molecule has 2 aliphatic rings. The van der Waals surface area contributed by atoms with Crippen molar-refractivity contribution in [1.82, 2.24) is 9.80 Å². The maximum Gasteiger partial charge on any atom is 0.519 e. The highest BCUT2D eigenvalue weighted by atomic mass is 31.2. The van der Waals surface area contributed by atoms with Gasteiger partial charge >= 0.3 is 11.9 Å². The number of ether oxygens (including phenoxy) is 1. The van der Waals surface area contributed by atoms with E-state index in [0.717, 1.165) is 6.42 Å². The minimum atomic E-state index is -2.36. The number of hydrogen-bond donors (Lipinski definition) is 0. The smallest absolute Gasteiger partial charge is 0.441 e. The van der Waals surface area contributed by atoms with Crippen LogP contribution in [-0.4, -0.2) is 53.1 Å². The molecule has 2 fully saturated rings. The highest BCUT2D eigenvalue weighted by Crippen LogP contribution is 2.62. The number of amides is 2. The molecule has 9 heteroatoms. The summed E-state index contributed by atoms with van der Waals surface area (Å²) in [7, 11) is -2.36. The fourth-order valence-corrected chi connectivity index (χ4v) is 11.2. The predicted molar refractivity (Wildman–Crippen MR) is 157 cm³/mol. The van der Waals surface area contributed by atoms with E-state index in [4.69, 9.17) is 13.6 Å². The molecule has 210 valence electrons. The van der Waals surface area contributed by atoms with E-state index in [1.807, 2.05) is 23.1 Å². The summed E-state index contributed by atoms with van der Waals surface area (Å²) in [5.74, 6) is -0.194. The Balaban J connectivity index is 1.26. The van der Waals surface area contributed by atoms with Crippen LogP contribution in [0.3, 0.4) is 0 Å². The van der Waals surface area contributed by atoms with Crippen LogP contribution in [0.5, 0.6) is 0 Å². The van der Waals surface area contributed by atoms with Gasteiger partial charge in [0.15, 0.2) is 23.8 Å². The predicted octanol–water partition coefficient (Wildman–Crippen LogP) is 3.85. The van der Waals surface area contributed by atoms with Crippen molar-refractivity contribution < 1.29 is 23.2 Å². The lowest BCUT2D eigenvalue weighted by molar-refractivity contribution is -0.129. The van der Waals surface area contributed by atoms with Crippen molar-refractivity contribution in [2.45, 2.75) is 38.1 Å². The minimum absolute atomic E-state index is 0.0853. The fraction of sp³-hybridized carbons (Fsp3) is 0.281. The number of aryl methyl sites for hydroxylation is 1. The summed E-state index contributed by atoms with van der Waals surface area (Å²) >= 11 is 0. The molecular formula is C32H32N2O6P+. The van der Waals surface area contributed by atoms with Crippen LogP contribution in [0.1, 0.15) is 24.4 Å². The zero-order chi connectivity index (χ0) is 28.4. The Hall–Kier alpha value is -4.16. The Kier molecular flexibility index (Phi) is 7.50. The van der Waals surface area contributed by atoms with Crippen molar-refractivity contribution in [3.8, 4) is 0 Å². The summed E-state index contributed by atoms with van der Waals surface area (Å²) < 4.78 is 15.2. The molecule has 1 unspecified atom stereocenters. The Bertz CT molecular complexity index is 1470. The summed E-state index contributed by atoms with van der Waals surface area (Å²) in [6.07, 6.45) is 0.921. The second kappa shape index (κ2) is 11.4. The van der Waals surface area contributed by atoms with Gasteiger partial charge in [0.25, 0.3) is 5.91 Å². The first-order valence-corrected chi connectivity index (χ1v) is 15.7. The van der Waals surface area contributed by atoms with Crippen LogP contribution in [0.25, 0.3) is 0 Å². The molecule has 1 aromatic heterocycles. The molecule has 41 heavy (non-hydrogen) atoms. The van der Waals surface area contributed by atoms with Gasteiger partial charge in [0.05, 0.1) is 6.04 Å². The standard InChI is InChI=1S/C32H32N2O6P/c1-23-28(40-32(37)39-23)22-38-31(36)33-19-17-24(21-33)34-20-18-29(30(34)35)41(25-11-5-2-6-12-25,26-13-7-3-8-14-26)27-15-9-4-10-16-27/h2-16,24,29H,17-22H2,1H3/q+1/t24-,29?/m1/s1. The van der Waals surface area contributed by atoms with Gasteiger partial charge in [-0.3, -0.25) is 4.79 Å². The Morgan fingerprint density at radius 3 is 1.90 bits per heavy atom. The number of nitrogens with zero attached hydrogens (tertiary/aromatic N) is 2. The molecule has 0 saturated carbocycles. The number of carbonyl (C=O) groups is 2. The first-order chi connectivity index (χ1) is 20.0. The molecule has 2 amide bonds.